The smallest absolute Gasteiger partial charge is 0.251 e. The van der Waals surface area contributed by atoms with Crippen molar-refractivity contribution >= 4 is 29.3 Å². The molecule has 0 spiro atoms. The first kappa shape index (κ1) is 18.4. The molecular weight excluding hydrogens is 354 g/mol. The first-order valence-corrected chi connectivity index (χ1v) is 8.84. The largest absolute Gasteiger partial charge is 0.379 e. The summed E-state index contributed by atoms with van der Waals surface area (Å²) in [6, 6.07) is 6.97. The standard InChI is InChI=1S/C18H22ClN5O2/c1-11-8-16(23-18(20)22-11)24-6-3-7-26-10-15(24)13-9-12(17(25)21-2)4-5-14(13)19/h4-5,8-9,15H,3,6-7,10H2,1-2H3,(H,21,25)(H2,20,22,23)/t15-/m0/s1. The van der Waals surface area contributed by atoms with Crippen molar-refractivity contribution in [1.29, 1.82) is 0 Å². The minimum atomic E-state index is -0.177. The van der Waals surface area contributed by atoms with Gasteiger partial charge in [-0.15, -0.1) is 0 Å². The number of nitrogens with zero attached hydrogens (tertiary/aromatic N) is 3. The van der Waals surface area contributed by atoms with Crippen LogP contribution in [-0.2, 0) is 4.74 Å². The van der Waals surface area contributed by atoms with Crippen LogP contribution < -0.4 is 16.0 Å². The van der Waals surface area contributed by atoms with Gasteiger partial charge in [0.05, 0.1) is 12.6 Å². The maximum atomic E-state index is 12.0. The zero-order valence-electron chi connectivity index (χ0n) is 14.8. The Labute approximate surface area is 157 Å². The van der Waals surface area contributed by atoms with Crippen LogP contribution in [0.3, 0.4) is 0 Å². The van der Waals surface area contributed by atoms with E-state index in [0.29, 0.717) is 23.8 Å². The van der Waals surface area contributed by atoms with E-state index in [-0.39, 0.29) is 17.9 Å². The fourth-order valence-corrected chi connectivity index (χ4v) is 3.36. The summed E-state index contributed by atoms with van der Waals surface area (Å²) in [5, 5.41) is 3.22. The van der Waals surface area contributed by atoms with Crippen molar-refractivity contribution < 1.29 is 9.53 Å². The third kappa shape index (κ3) is 3.89. The predicted molar refractivity (Wildman–Crippen MR) is 102 cm³/mol. The molecule has 1 amide bonds. The molecule has 0 radical (unpaired) electrons. The lowest BCUT2D eigenvalue weighted by molar-refractivity contribution is 0.0962. The predicted octanol–water partition coefficient (Wildman–Crippen LogP) is 2.35. The minimum absolute atomic E-state index is 0.161. The van der Waals surface area contributed by atoms with Gasteiger partial charge in [-0.25, -0.2) is 4.98 Å². The number of nitrogens with one attached hydrogen (secondary N) is 1. The van der Waals surface area contributed by atoms with Crippen molar-refractivity contribution in [1.82, 2.24) is 15.3 Å². The second kappa shape index (κ2) is 7.88. The van der Waals surface area contributed by atoms with Gasteiger partial charge in [0.15, 0.2) is 0 Å². The van der Waals surface area contributed by atoms with Crippen LogP contribution in [0.4, 0.5) is 11.8 Å². The van der Waals surface area contributed by atoms with E-state index in [0.717, 1.165) is 30.0 Å². The molecule has 26 heavy (non-hydrogen) atoms. The van der Waals surface area contributed by atoms with E-state index < -0.39 is 0 Å². The number of aryl methyl sites for hydroxylation is 1. The van der Waals surface area contributed by atoms with Crippen LogP contribution in [0.2, 0.25) is 5.02 Å². The van der Waals surface area contributed by atoms with Crippen LogP contribution in [0.5, 0.6) is 0 Å². The molecule has 8 heteroatoms. The van der Waals surface area contributed by atoms with E-state index in [4.69, 9.17) is 22.1 Å². The molecule has 0 bridgehead atoms. The summed E-state index contributed by atoms with van der Waals surface area (Å²) in [7, 11) is 1.60. The number of nitrogen functional groups attached to an aromatic ring is 1. The number of halogens is 1. The topological polar surface area (TPSA) is 93.4 Å². The average Bonchev–Trinajstić information content (AvgIpc) is 2.86. The molecule has 1 aromatic heterocycles. The van der Waals surface area contributed by atoms with E-state index in [1.54, 1.807) is 19.2 Å². The third-order valence-corrected chi connectivity index (χ3v) is 4.68. The number of amides is 1. The fraction of sp³-hybridized carbons (Fsp3) is 0.389. The lowest BCUT2D eigenvalue weighted by atomic mass is 10.0. The second-order valence-corrected chi connectivity index (χ2v) is 6.59. The third-order valence-electron chi connectivity index (χ3n) is 4.34. The highest BCUT2D eigenvalue weighted by Crippen LogP contribution is 2.33. The first-order chi connectivity index (χ1) is 12.5. The van der Waals surface area contributed by atoms with Crippen LogP contribution in [0, 0.1) is 6.92 Å². The summed E-state index contributed by atoms with van der Waals surface area (Å²) in [5.74, 6) is 0.798. The lowest BCUT2D eigenvalue weighted by Crippen LogP contribution is -2.32. The van der Waals surface area contributed by atoms with Crippen molar-refractivity contribution in [3.8, 4) is 0 Å². The van der Waals surface area contributed by atoms with Gasteiger partial charge in [0.1, 0.15) is 5.82 Å². The molecule has 0 aliphatic carbocycles. The van der Waals surface area contributed by atoms with Crippen LogP contribution in [0.15, 0.2) is 24.3 Å². The summed E-state index contributed by atoms with van der Waals surface area (Å²) in [6.45, 7) is 3.71. The molecule has 3 N–H and O–H groups in total. The molecular formula is C18H22ClN5O2. The van der Waals surface area contributed by atoms with E-state index in [2.05, 4.69) is 20.2 Å². The molecule has 2 aromatic rings. The zero-order valence-corrected chi connectivity index (χ0v) is 15.6. The van der Waals surface area contributed by atoms with Gasteiger partial charge in [-0.1, -0.05) is 11.6 Å². The van der Waals surface area contributed by atoms with Crippen molar-refractivity contribution in [3.05, 3.63) is 46.1 Å². The van der Waals surface area contributed by atoms with Gasteiger partial charge in [-0.3, -0.25) is 4.79 Å². The van der Waals surface area contributed by atoms with Gasteiger partial charge in [0.25, 0.3) is 5.91 Å². The van der Waals surface area contributed by atoms with E-state index in [1.807, 2.05) is 19.1 Å². The number of nitrogens with two attached hydrogens (primary N) is 1. The molecule has 0 unspecified atom stereocenters. The summed E-state index contributed by atoms with van der Waals surface area (Å²) < 4.78 is 5.78. The Kier molecular flexibility index (Phi) is 5.58. The van der Waals surface area contributed by atoms with Gasteiger partial charge >= 0.3 is 0 Å². The summed E-state index contributed by atoms with van der Waals surface area (Å²) >= 11 is 6.47. The van der Waals surface area contributed by atoms with Gasteiger partial charge in [0, 0.05) is 42.5 Å². The van der Waals surface area contributed by atoms with E-state index in [9.17, 15) is 4.79 Å². The van der Waals surface area contributed by atoms with Crippen LogP contribution in [-0.4, -0.2) is 42.7 Å². The maximum absolute atomic E-state index is 12.0. The van der Waals surface area contributed by atoms with Crippen LogP contribution >= 0.6 is 11.6 Å². The SMILES string of the molecule is CNC(=O)c1ccc(Cl)c([C@@H]2COCCCN2c2cc(C)nc(N)n2)c1. The summed E-state index contributed by atoms with van der Waals surface area (Å²) in [5.41, 5.74) is 8.01. The number of aromatic nitrogens is 2. The molecule has 1 saturated heterocycles. The molecule has 2 heterocycles. The quantitative estimate of drug-likeness (QED) is 0.855. The van der Waals surface area contributed by atoms with E-state index >= 15 is 0 Å². The number of carbonyl (C=O) groups excluding carboxylic acids is 1. The molecule has 3 rings (SSSR count). The van der Waals surface area contributed by atoms with Crippen LogP contribution in [0.1, 0.15) is 34.1 Å². The Balaban J connectivity index is 2.06. The maximum Gasteiger partial charge on any atom is 0.251 e. The molecule has 1 atom stereocenters. The fourth-order valence-electron chi connectivity index (χ4n) is 3.12. The average molecular weight is 376 g/mol. The number of hydrogen-bond acceptors (Lipinski definition) is 6. The number of benzene rings is 1. The monoisotopic (exact) mass is 375 g/mol. The second-order valence-electron chi connectivity index (χ2n) is 6.18. The van der Waals surface area contributed by atoms with Crippen molar-refractivity contribution in [2.45, 2.75) is 19.4 Å². The molecule has 7 nitrogen and oxygen atoms in total. The normalized spacial score (nSPS) is 17.7. The zero-order chi connectivity index (χ0) is 18.7. The number of ether oxygens (including phenoxy) is 1. The first-order valence-electron chi connectivity index (χ1n) is 8.46. The Morgan fingerprint density at radius 2 is 2.19 bits per heavy atom. The van der Waals surface area contributed by atoms with Crippen LogP contribution in [0.25, 0.3) is 0 Å². The molecule has 1 aromatic carbocycles. The number of anilines is 2. The van der Waals surface area contributed by atoms with Crippen molar-refractivity contribution in [2.75, 3.05) is 37.4 Å². The van der Waals surface area contributed by atoms with Gasteiger partial charge < -0.3 is 20.7 Å². The van der Waals surface area contributed by atoms with Gasteiger partial charge in [-0.2, -0.15) is 4.98 Å². The molecule has 0 saturated carbocycles. The number of rotatable bonds is 3. The highest BCUT2D eigenvalue weighted by atomic mass is 35.5. The van der Waals surface area contributed by atoms with E-state index in [1.165, 1.54) is 0 Å². The van der Waals surface area contributed by atoms with Gasteiger partial charge in [-0.05, 0) is 37.1 Å². The summed E-state index contributed by atoms with van der Waals surface area (Å²) in [4.78, 5) is 22.7. The molecule has 1 aliphatic heterocycles. The highest BCUT2D eigenvalue weighted by Gasteiger charge is 2.27. The number of hydrogen-bond donors (Lipinski definition) is 2. The van der Waals surface area contributed by atoms with Gasteiger partial charge in [0.2, 0.25) is 5.95 Å². The Bertz CT molecular complexity index is 794. The molecule has 1 aliphatic rings. The van der Waals surface area contributed by atoms with Crippen molar-refractivity contribution in [3.63, 3.8) is 0 Å². The molecule has 138 valence electrons. The highest BCUT2D eigenvalue weighted by molar-refractivity contribution is 6.31. The summed E-state index contributed by atoms with van der Waals surface area (Å²) in [6.07, 6.45) is 0.853. The Hall–Kier alpha value is -2.38. The Morgan fingerprint density at radius 3 is 2.92 bits per heavy atom. The lowest BCUT2D eigenvalue weighted by Gasteiger charge is -2.31. The molecule has 1 fully saturated rings. The minimum Gasteiger partial charge on any atom is -0.379 e. The Morgan fingerprint density at radius 1 is 1.38 bits per heavy atom. The van der Waals surface area contributed by atoms with Crippen molar-refractivity contribution in [2.24, 2.45) is 0 Å². The number of carbonyl (C=O) groups is 1.